The van der Waals surface area contributed by atoms with Crippen molar-refractivity contribution in [3.63, 3.8) is 0 Å². The number of primary amides is 1. The van der Waals surface area contributed by atoms with Gasteiger partial charge in [0, 0.05) is 12.2 Å². The van der Waals surface area contributed by atoms with Crippen LogP contribution in [0, 0.1) is 5.82 Å². The minimum absolute atomic E-state index is 0.246. The minimum atomic E-state index is -0.633. The number of nitrogens with zero attached hydrogens (tertiary/aromatic N) is 2. The van der Waals surface area contributed by atoms with Crippen molar-refractivity contribution in [2.75, 3.05) is 5.32 Å². The molecule has 0 saturated carbocycles. The number of halogens is 1. The fourth-order valence-electron chi connectivity index (χ4n) is 2.83. The maximum Gasteiger partial charge on any atom is 0.316 e. The molecule has 0 unspecified atom stereocenters. The van der Waals surface area contributed by atoms with Crippen LogP contribution in [-0.2, 0) is 13.0 Å². The highest BCUT2D eigenvalue weighted by Crippen LogP contribution is 2.17. The number of hydrogen-bond acceptors (Lipinski definition) is 3. The summed E-state index contributed by atoms with van der Waals surface area (Å²) in [5, 5.41) is 9.62. The van der Waals surface area contributed by atoms with Crippen LogP contribution >= 0.6 is 0 Å². The first kappa shape index (κ1) is 19.1. The predicted octanol–water partition coefficient (Wildman–Crippen LogP) is 2.99. The highest BCUT2D eigenvalue weighted by atomic mass is 19.1. The van der Waals surface area contributed by atoms with Crippen LogP contribution in [0.5, 0.6) is 0 Å². The SMILES string of the molecule is CCc1c(C(=O)NCc2ccc(NC(N)=O)cc2)cnn1-c1ccc(F)cc1. The highest BCUT2D eigenvalue weighted by Gasteiger charge is 2.17. The van der Waals surface area contributed by atoms with Gasteiger partial charge in [0.1, 0.15) is 5.82 Å². The van der Waals surface area contributed by atoms with E-state index in [1.165, 1.54) is 18.3 Å². The lowest BCUT2D eigenvalue weighted by Gasteiger charge is -2.09. The second kappa shape index (κ2) is 8.34. The van der Waals surface area contributed by atoms with E-state index in [9.17, 15) is 14.0 Å². The number of anilines is 1. The Morgan fingerprint density at radius 2 is 1.79 bits per heavy atom. The van der Waals surface area contributed by atoms with Gasteiger partial charge in [0.05, 0.1) is 23.1 Å². The van der Waals surface area contributed by atoms with Crippen LogP contribution in [-0.4, -0.2) is 21.7 Å². The van der Waals surface area contributed by atoms with Gasteiger partial charge in [-0.2, -0.15) is 5.10 Å². The lowest BCUT2D eigenvalue weighted by Crippen LogP contribution is -2.24. The Bertz CT molecular complexity index is 981. The molecule has 3 aromatic rings. The molecule has 0 aliphatic rings. The Hall–Kier alpha value is -3.68. The van der Waals surface area contributed by atoms with E-state index in [1.807, 2.05) is 6.92 Å². The van der Waals surface area contributed by atoms with Gasteiger partial charge in [-0.1, -0.05) is 19.1 Å². The van der Waals surface area contributed by atoms with Gasteiger partial charge in [0.2, 0.25) is 0 Å². The molecule has 28 heavy (non-hydrogen) atoms. The maximum atomic E-state index is 13.1. The van der Waals surface area contributed by atoms with E-state index in [2.05, 4.69) is 15.7 Å². The zero-order chi connectivity index (χ0) is 20.1. The molecule has 0 saturated heterocycles. The third-order valence-electron chi connectivity index (χ3n) is 4.19. The van der Waals surface area contributed by atoms with Crippen LogP contribution < -0.4 is 16.4 Å². The number of aromatic nitrogens is 2. The summed E-state index contributed by atoms with van der Waals surface area (Å²) in [4.78, 5) is 23.4. The first-order chi connectivity index (χ1) is 13.5. The number of hydrogen-bond donors (Lipinski definition) is 3. The number of amides is 3. The molecule has 4 N–H and O–H groups in total. The summed E-state index contributed by atoms with van der Waals surface area (Å²) in [6.45, 7) is 2.25. The van der Waals surface area contributed by atoms with Crippen LogP contribution in [0.3, 0.4) is 0 Å². The van der Waals surface area contributed by atoms with E-state index in [4.69, 9.17) is 5.73 Å². The second-order valence-electron chi connectivity index (χ2n) is 6.12. The number of benzene rings is 2. The molecule has 0 bridgehead atoms. The van der Waals surface area contributed by atoms with Crippen molar-refractivity contribution in [3.05, 3.63) is 77.4 Å². The van der Waals surface area contributed by atoms with Crippen molar-refractivity contribution in [2.24, 2.45) is 5.73 Å². The summed E-state index contributed by atoms with van der Waals surface area (Å²) in [5.41, 5.74) is 8.42. The van der Waals surface area contributed by atoms with Gasteiger partial charge in [0.25, 0.3) is 5.91 Å². The summed E-state index contributed by atoms with van der Waals surface area (Å²) >= 11 is 0. The number of carbonyl (C=O) groups is 2. The van der Waals surface area contributed by atoms with Crippen LogP contribution in [0.25, 0.3) is 5.69 Å². The van der Waals surface area contributed by atoms with E-state index in [0.717, 1.165) is 11.3 Å². The van der Waals surface area contributed by atoms with Gasteiger partial charge in [-0.15, -0.1) is 0 Å². The average Bonchev–Trinajstić information content (AvgIpc) is 3.11. The van der Waals surface area contributed by atoms with Gasteiger partial charge in [-0.25, -0.2) is 13.9 Å². The number of nitrogens with two attached hydrogens (primary N) is 1. The van der Waals surface area contributed by atoms with Crippen molar-refractivity contribution in [1.29, 1.82) is 0 Å². The highest BCUT2D eigenvalue weighted by molar-refractivity contribution is 5.95. The molecule has 0 fully saturated rings. The number of nitrogens with one attached hydrogen (secondary N) is 2. The molecule has 0 radical (unpaired) electrons. The smallest absolute Gasteiger partial charge is 0.316 e. The van der Waals surface area contributed by atoms with Crippen LogP contribution in [0.4, 0.5) is 14.9 Å². The molecule has 2 aromatic carbocycles. The standard InChI is InChI=1S/C20H20FN5O2/c1-2-18-17(12-24-26(18)16-9-5-14(21)6-10-16)19(27)23-11-13-3-7-15(8-4-13)25-20(22)28/h3-10,12H,2,11H2,1H3,(H,23,27)(H3,22,25,28). The summed E-state index contributed by atoms with van der Waals surface area (Å²) in [5.74, 6) is -0.575. The first-order valence-electron chi connectivity index (χ1n) is 8.74. The van der Waals surface area contributed by atoms with Gasteiger partial charge >= 0.3 is 6.03 Å². The number of urea groups is 1. The zero-order valence-corrected chi connectivity index (χ0v) is 15.3. The molecule has 144 valence electrons. The average molecular weight is 381 g/mol. The zero-order valence-electron chi connectivity index (χ0n) is 15.3. The minimum Gasteiger partial charge on any atom is -0.351 e. The fraction of sp³-hybridized carbons (Fsp3) is 0.150. The van der Waals surface area contributed by atoms with E-state index in [-0.39, 0.29) is 11.7 Å². The molecule has 0 atom stereocenters. The van der Waals surface area contributed by atoms with Crippen LogP contribution in [0.15, 0.2) is 54.7 Å². The van der Waals surface area contributed by atoms with Crippen molar-refractivity contribution in [2.45, 2.75) is 19.9 Å². The van der Waals surface area contributed by atoms with Crippen LogP contribution in [0.2, 0.25) is 0 Å². The summed E-state index contributed by atoms with van der Waals surface area (Å²) in [7, 11) is 0. The lowest BCUT2D eigenvalue weighted by atomic mass is 10.1. The van der Waals surface area contributed by atoms with Crippen molar-refractivity contribution in [1.82, 2.24) is 15.1 Å². The Kier molecular flexibility index (Phi) is 5.69. The first-order valence-corrected chi connectivity index (χ1v) is 8.74. The summed E-state index contributed by atoms with van der Waals surface area (Å²) in [6, 6.07) is 12.3. The van der Waals surface area contributed by atoms with Crippen LogP contribution in [0.1, 0.15) is 28.5 Å². The Balaban J connectivity index is 1.70. The van der Waals surface area contributed by atoms with Gasteiger partial charge in [-0.3, -0.25) is 4.79 Å². The third kappa shape index (κ3) is 4.35. The predicted molar refractivity (Wildman–Crippen MR) is 104 cm³/mol. The molecule has 1 aromatic heterocycles. The normalized spacial score (nSPS) is 10.5. The van der Waals surface area contributed by atoms with E-state index >= 15 is 0 Å². The third-order valence-corrected chi connectivity index (χ3v) is 4.19. The fourth-order valence-corrected chi connectivity index (χ4v) is 2.83. The Morgan fingerprint density at radius 1 is 1.11 bits per heavy atom. The quantitative estimate of drug-likeness (QED) is 0.612. The molecule has 3 rings (SSSR count). The van der Waals surface area contributed by atoms with Gasteiger partial charge < -0.3 is 16.4 Å². The summed E-state index contributed by atoms with van der Waals surface area (Å²) in [6.07, 6.45) is 2.10. The molecule has 3 amide bonds. The van der Waals surface area contributed by atoms with E-state index in [0.29, 0.717) is 29.9 Å². The maximum absolute atomic E-state index is 13.1. The van der Waals surface area contributed by atoms with Gasteiger partial charge in [0.15, 0.2) is 0 Å². The van der Waals surface area contributed by atoms with E-state index in [1.54, 1.807) is 41.1 Å². The monoisotopic (exact) mass is 381 g/mol. The van der Waals surface area contributed by atoms with Gasteiger partial charge in [-0.05, 0) is 48.4 Å². The largest absolute Gasteiger partial charge is 0.351 e. The topological polar surface area (TPSA) is 102 Å². The van der Waals surface area contributed by atoms with Crippen molar-refractivity contribution < 1.29 is 14.0 Å². The molecule has 1 heterocycles. The summed E-state index contributed by atoms with van der Waals surface area (Å²) < 4.78 is 14.8. The molecular formula is C20H20FN5O2. The van der Waals surface area contributed by atoms with E-state index < -0.39 is 6.03 Å². The molecule has 0 spiro atoms. The molecule has 7 nitrogen and oxygen atoms in total. The Morgan fingerprint density at radius 3 is 2.39 bits per heavy atom. The second-order valence-corrected chi connectivity index (χ2v) is 6.12. The Labute approximate surface area is 161 Å². The number of rotatable bonds is 6. The number of carbonyl (C=O) groups excluding carboxylic acids is 2. The molecule has 0 aliphatic heterocycles. The van der Waals surface area contributed by atoms with Crippen molar-refractivity contribution in [3.8, 4) is 5.69 Å². The van der Waals surface area contributed by atoms with Crippen molar-refractivity contribution >= 4 is 17.6 Å². The molecular weight excluding hydrogens is 361 g/mol. The molecule has 8 heteroatoms. The molecule has 0 aliphatic carbocycles. The lowest BCUT2D eigenvalue weighted by molar-refractivity contribution is 0.0950.